The van der Waals surface area contributed by atoms with Crippen LogP contribution in [0.5, 0.6) is 0 Å². The third kappa shape index (κ3) is 3.15. The second-order valence-corrected chi connectivity index (χ2v) is 5.02. The zero-order chi connectivity index (χ0) is 14.0. The van der Waals surface area contributed by atoms with Crippen molar-refractivity contribution in [3.63, 3.8) is 0 Å². The Morgan fingerprint density at radius 3 is 2.68 bits per heavy atom. The molecule has 0 heterocycles. The van der Waals surface area contributed by atoms with Crippen molar-refractivity contribution in [2.24, 2.45) is 5.92 Å². The van der Waals surface area contributed by atoms with Crippen LogP contribution in [0.15, 0.2) is 30.4 Å². The smallest absolute Gasteiger partial charge is 0.310 e. The van der Waals surface area contributed by atoms with E-state index >= 15 is 0 Å². The van der Waals surface area contributed by atoms with Crippen molar-refractivity contribution >= 4 is 23.5 Å². The van der Waals surface area contributed by atoms with Crippen LogP contribution in [0.25, 0.3) is 0 Å². The van der Waals surface area contributed by atoms with Crippen molar-refractivity contribution in [3.05, 3.63) is 46.5 Å². The fraction of sp³-hybridized carbons (Fsp3) is 0.286. The third-order valence-electron chi connectivity index (χ3n) is 3.15. The van der Waals surface area contributed by atoms with Crippen LogP contribution in [0, 0.1) is 12.8 Å². The molecule has 1 aromatic rings. The molecule has 2 unspecified atom stereocenters. The summed E-state index contributed by atoms with van der Waals surface area (Å²) < 4.78 is 0. The minimum absolute atomic E-state index is 0.242. The van der Waals surface area contributed by atoms with Crippen LogP contribution >= 0.6 is 11.6 Å². The van der Waals surface area contributed by atoms with Crippen LogP contribution in [-0.2, 0) is 4.79 Å². The third-order valence-corrected chi connectivity index (χ3v) is 3.56. The van der Waals surface area contributed by atoms with Crippen LogP contribution in [0.2, 0.25) is 5.02 Å². The van der Waals surface area contributed by atoms with Crippen LogP contribution in [0.1, 0.15) is 22.3 Å². The molecular weight excluding hydrogens is 266 g/mol. The molecule has 5 heteroatoms. The van der Waals surface area contributed by atoms with Crippen molar-refractivity contribution in [3.8, 4) is 0 Å². The number of halogens is 1. The highest BCUT2D eigenvalue weighted by Crippen LogP contribution is 2.20. The van der Waals surface area contributed by atoms with Crippen LogP contribution in [-0.4, -0.2) is 23.0 Å². The van der Waals surface area contributed by atoms with Gasteiger partial charge in [0.05, 0.1) is 5.92 Å². The summed E-state index contributed by atoms with van der Waals surface area (Å²) in [4.78, 5) is 22.8. The van der Waals surface area contributed by atoms with Crippen molar-refractivity contribution in [2.45, 2.75) is 19.4 Å². The number of carbonyl (C=O) groups excluding carboxylic acids is 1. The maximum Gasteiger partial charge on any atom is 0.310 e. The van der Waals surface area contributed by atoms with Gasteiger partial charge in [-0.05, 0) is 31.0 Å². The Balaban J connectivity index is 2.00. The summed E-state index contributed by atoms with van der Waals surface area (Å²) in [7, 11) is 0. The maximum atomic E-state index is 12.0. The number of rotatable bonds is 3. The molecule has 0 saturated heterocycles. The van der Waals surface area contributed by atoms with E-state index in [0.29, 0.717) is 17.0 Å². The number of nitrogens with one attached hydrogen (secondary N) is 1. The quantitative estimate of drug-likeness (QED) is 0.835. The molecule has 2 rings (SSSR count). The van der Waals surface area contributed by atoms with Gasteiger partial charge in [-0.3, -0.25) is 9.59 Å². The van der Waals surface area contributed by atoms with Crippen molar-refractivity contribution in [1.29, 1.82) is 0 Å². The summed E-state index contributed by atoms with van der Waals surface area (Å²) >= 11 is 5.97. The van der Waals surface area contributed by atoms with Gasteiger partial charge in [-0.15, -0.1) is 0 Å². The van der Waals surface area contributed by atoms with Crippen molar-refractivity contribution in [1.82, 2.24) is 5.32 Å². The Bertz CT molecular complexity index is 554. The van der Waals surface area contributed by atoms with Crippen LogP contribution in [0.3, 0.4) is 0 Å². The molecule has 1 aliphatic carbocycles. The van der Waals surface area contributed by atoms with Crippen molar-refractivity contribution in [2.75, 3.05) is 0 Å². The number of hydrogen-bond donors (Lipinski definition) is 2. The van der Waals surface area contributed by atoms with Crippen LogP contribution in [0.4, 0.5) is 0 Å². The number of benzene rings is 1. The van der Waals surface area contributed by atoms with E-state index in [2.05, 4.69) is 5.32 Å². The zero-order valence-electron chi connectivity index (χ0n) is 10.4. The summed E-state index contributed by atoms with van der Waals surface area (Å²) in [6.07, 6.45) is 3.71. The van der Waals surface area contributed by atoms with E-state index in [1.165, 1.54) is 0 Å². The van der Waals surface area contributed by atoms with Gasteiger partial charge in [-0.2, -0.15) is 0 Å². The van der Waals surface area contributed by atoms with E-state index in [1.807, 2.05) is 6.92 Å². The molecule has 100 valence electrons. The number of hydrogen-bond acceptors (Lipinski definition) is 2. The lowest BCUT2D eigenvalue weighted by Crippen LogP contribution is -2.33. The zero-order valence-corrected chi connectivity index (χ0v) is 11.1. The van der Waals surface area contributed by atoms with E-state index in [0.717, 1.165) is 5.56 Å². The Morgan fingerprint density at radius 1 is 1.37 bits per heavy atom. The normalized spacial score (nSPS) is 21.4. The van der Waals surface area contributed by atoms with E-state index in [1.54, 1.807) is 30.4 Å². The fourth-order valence-electron chi connectivity index (χ4n) is 1.97. The summed E-state index contributed by atoms with van der Waals surface area (Å²) in [6, 6.07) is 4.85. The Morgan fingerprint density at radius 2 is 2.11 bits per heavy atom. The molecule has 0 bridgehead atoms. The number of amides is 1. The first-order valence-electron chi connectivity index (χ1n) is 5.95. The molecule has 0 aliphatic heterocycles. The predicted octanol–water partition coefficient (Wildman–Crippen LogP) is 2.41. The van der Waals surface area contributed by atoms with E-state index in [9.17, 15) is 9.59 Å². The standard InChI is InChI=1S/C14H14ClNO3/c1-8-2-3-9(7-12(8)15)13(17)16-11-5-4-10(6-11)14(18)19/h2-5,7,10-11H,6H2,1H3,(H,16,17)(H,18,19). The van der Waals surface area contributed by atoms with Gasteiger partial charge in [-0.1, -0.05) is 29.8 Å². The van der Waals surface area contributed by atoms with Gasteiger partial charge in [0.1, 0.15) is 0 Å². The Kier molecular flexibility index (Phi) is 3.90. The molecular formula is C14H14ClNO3. The monoisotopic (exact) mass is 279 g/mol. The van der Waals surface area contributed by atoms with E-state index < -0.39 is 11.9 Å². The largest absolute Gasteiger partial charge is 0.481 e. The first-order valence-corrected chi connectivity index (χ1v) is 6.33. The van der Waals surface area contributed by atoms with E-state index in [4.69, 9.17) is 16.7 Å². The van der Waals surface area contributed by atoms with Crippen LogP contribution < -0.4 is 5.32 Å². The van der Waals surface area contributed by atoms with Gasteiger partial charge in [0.15, 0.2) is 0 Å². The number of carbonyl (C=O) groups is 2. The summed E-state index contributed by atoms with van der Waals surface area (Å²) in [5.41, 5.74) is 1.38. The van der Waals surface area contributed by atoms with Crippen molar-refractivity contribution < 1.29 is 14.7 Å². The Labute approximate surface area is 116 Å². The van der Waals surface area contributed by atoms with E-state index in [-0.39, 0.29) is 11.9 Å². The van der Waals surface area contributed by atoms with Gasteiger partial charge < -0.3 is 10.4 Å². The summed E-state index contributed by atoms with van der Waals surface area (Å²) in [5, 5.41) is 12.2. The Hall–Kier alpha value is -1.81. The first kappa shape index (κ1) is 13.6. The molecule has 0 fully saturated rings. The molecule has 0 aromatic heterocycles. The number of aryl methyl sites for hydroxylation is 1. The lowest BCUT2D eigenvalue weighted by molar-refractivity contribution is -0.140. The molecule has 1 amide bonds. The molecule has 1 aromatic carbocycles. The second kappa shape index (κ2) is 5.45. The molecule has 0 radical (unpaired) electrons. The number of aliphatic carboxylic acids is 1. The fourth-order valence-corrected chi connectivity index (χ4v) is 2.16. The number of carboxylic acids is 1. The lowest BCUT2D eigenvalue weighted by atomic mass is 10.1. The molecule has 1 aliphatic rings. The highest BCUT2D eigenvalue weighted by Gasteiger charge is 2.25. The molecule has 2 N–H and O–H groups in total. The highest BCUT2D eigenvalue weighted by atomic mass is 35.5. The lowest BCUT2D eigenvalue weighted by Gasteiger charge is -2.12. The highest BCUT2D eigenvalue weighted by molar-refractivity contribution is 6.31. The number of carboxylic acid groups (broad SMARTS) is 1. The molecule has 2 atom stereocenters. The topological polar surface area (TPSA) is 66.4 Å². The van der Waals surface area contributed by atoms with Gasteiger partial charge >= 0.3 is 5.97 Å². The molecule has 0 saturated carbocycles. The molecule has 19 heavy (non-hydrogen) atoms. The maximum absolute atomic E-state index is 12.0. The average molecular weight is 280 g/mol. The minimum Gasteiger partial charge on any atom is -0.481 e. The van der Waals surface area contributed by atoms with Gasteiger partial charge in [-0.25, -0.2) is 0 Å². The molecule has 4 nitrogen and oxygen atoms in total. The SMILES string of the molecule is Cc1ccc(C(=O)NC2C=CC(C(=O)O)C2)cc1Cl. The van der Waals surface area contributed by atoms with Gasteiger partial charge in [0.25, 0.3) is 5.91 Å². The minimum atomic E-state index is -0.869. The second-order valence-electron chi connectivity index (χ2n) is 4.61. The predicted molar refractivity (Wildman–Crippen MR) is 72.3 cm³/mol. The van der Waals surface area contributed by atoms with Gasteiger partial charge in [0.2, 0.25) is 0 Å². The summed E-state index contributed by atoms with van der Waals surface area (Å²) in [5.74, 6) is -1.64. The van der Waals surface area contributed by atoms with Gasteiger partial charge in [0, 0.05) is 16.6 Å². The molecule has 0 spiro atoms. The first-order chi connectivity index (χ1) is 8.97. The summed E-state index contributed by atoms with van der Waals surface area (Å²) in [6.45, 7) is 1.86. The average Bonchev–Trinajstić information content (AvgIpc) is 2.81.